The van der Waals surface area contributed by atoms with E-state index in [0.717, 1.165) is 43.2 Å². The normalized spacial score (nSPS) is 10.7. The van der Waals surface area contributed by atoms with Gasteiger partial charge in [0.2, 0.25) is 5.91 Å². The molecule has 1 aromatic heterocycles. The van der Waals surface area contributed by atoms with E-state index in [1.165, 1.54) is 5.56 Å². The maximum absolute atomic E-state index is 13.7. The summed E-state index contributed by atoms with van der Waals surface area (Å²) in [5, 5.41) is 3.49. The summed E-state index contributed by atoms with van der Waals surface area (Å²) in [6.45, 7) is 1.25. The van der Waals surface area contributed by atoms with Crippen LogP contribution in [0.5, 0.6) is 0 Å². The monoisotopic (exact) mass is 518 g/mol. The van der Waals surface area contributed by atoms with Crippen molar-refractivity contribution in [3.63, 3.8) is 0 Å². The van der Waals surface area contributed by atoms with Crippen LogP contribution in [0, 0.1) is 0 Å². The number of nitrogens with one attached hydrogen (secondary N) is 1. The second-order valence-corrected chi connectivity index (χ2v) is 9.06. The molecule has 0 aliphatic carbocycles. The first-order chi connectivity index (χ1) is 17.7. The van der Waals surface area contributed by atoms with Crippen molar-refractivity contribution in [2.45, 2.75) is 45.1 Å². The van der Waals surface area contributed by atoms with Gasteiger partial charge in [-0.05, 0) is 54.6 Å². The number of benzene rings is 3. The van der Waals surface area contributed by atoms with Crippen LogP contribution >= 0.6 is 12.4 Å². The van der Waals surface area contributed by atoms with Gasteiger partial charge >= 0.3 is 0 Å². The fraction of sp³-hybridized carbons (Fsp3) is 0.300. The number of rotatable bonds is 12. The molecule has 3 N–H and O–H groups in total. The van der Waals surface area contributed by atoms with Crippen molar-refractivity contribution in [2.24, 2.45) is 5.73 Å². The third-order valence-electron chi connectivity index (χ3n) is 6.38. The largest absolute Gasteiger partial charge is 0.355 e. The summed E-state index contributed by atoms with van der Waals surface area (Å²) >= 11 is 0. The SMILES string of the molecule is Cl.NCCCCCCNC(=O)Cn1c(CCc2ccccc2)nc2ccc(-c3ccccc3)cc2c1=O. The Labute approximate surface area is 224 Å². The summed E-state index contributed by atoms with van der Waals surface area (Å²) in [4.78, 5) is 31.3. The maximum atomic E-state index is 13.7. The molecule has 37 heavy (non-hydrogen) atoms. The molecular formula is C30H35ClN4O2. The predicted octanol–water partition coefficient (Wildman–Crippen LogP) is 4.91. The average molecular weight is 519 g/mol. The molecule has 0 bridgehead atoms. The highest BCUT2D eigenvalue weighted by Crippen LogP contribution is 2.22. The molecule has 0 aliphatic rings. The number of carbonyl (C=O) groups excluding carboxylic acids is 1. The molecular weight excluding hydrogens is 484 g/mol. The van der Waals surface area contributed by atoms with Crippen LogP contribution in [0.4, 0.5) is 0 Å². The third-order valence-corrected chi connectivity index (χ3v) is 6.38. The Balaban J connectivity index is 0.00000380. The Kier molecular flexibility index (Phi) is 10.9. The summed E-state index contributed by atoms with van der Waals surface area (Å²) in [5.41, 5.74) is 9.16. The zero-order valence-corrected chi connectivity index (χ0v) is 21.9. The molecule has 0 saturated heterocycles. The van der Waals surface area contributed by atoms with Crippen molar-refractivity contribution < 1.29 is 4.79 Å². The molecule has 1 amide bonds. The van der Waals surface area contributed by atoms with Crippen molar-refractivity contribution in [1.29, 1.82) is 0 Å². The van der Waals surface area contributed by atoms with E-state index in [9.17, 15) is 9.59 Å². The van der Waals surface area contributed by atoms with E-state index in [4.69, 9.17) is 10.7 Å². The zero-order valence-electron chi connectivity index (χ0n) is 21.1. The number of aromatic nitrogens is 2. The lowest BCUT2D eigenvalue weighted by atomic mass is 10.0. The van der Waals surface area contributed by atoms with Gasteiger partial charge in [-0.2, -0.15) is 0 Å². The van der Waals surface area contributed by atoms with Gasteiger partial charge in [0.25, 0.3) is 5.56 Å². The minimum Gasteiger partial charge on any atom is -0.355 e. The van der Waals surface area contributed by atoms with Gasteiger partial charge in [0.15, 0.2) is 0 Å². The summed E-state index contributed by atoms with van der Waals surface area (Å²) in [5.74, 6) is 0.458. The number of aryl methyl sites for hydroxylation is 2. The number of nitrogens with zero attached hydrogens (tertiary/aromatic N) is 2. The standard InChI is InChI=1S/C30H34N4O2.ClH/c31-19-9-1-2-10-20-32-29(35)22-34-28(18-15-23-11-5-3-6-12-23)33-27-17-16-25(21-26(27)30(34)36)24-13-7-4-8-14-24;/h3-8,11-14,16-17,21H,1-2,9-10,15,18-20,22,31H2,(H,32,35);1H. The van der Waals surface area contributed by atoms with E-state index < -0.39 is 0 Å². The molecule has 194 valence electrons. The number of unbranched alkanes of at least 4 members (excludes halogenated alkanes) is 3. The molecule has 3 aromatic carbocycles. The highest BCUT2D eigenvalue weighted by Gasteiger charge is 2.15. The van der Waals surface area contributed by atoms with E-state index in [0.29, 0.717) is 36.2 Å². The van der Waals surface area contributed by atoms with E-state index in [1.807, 2.05) is 66.7 Å². The van der Waals surface area contributed by atoms with Crippen molar-refractivity contribution in [3.05, 3.63) is 101 Å². The highest BCUT2D eigenvalue weighted by atomic mass is 35.5. The molecule has 0 aliphatic heterocycles. The van der Waals surface area contributed by atoms with Crippen molar-refractivity contribution in [3.8, 4) is 11.1 Å². The first kappa shape index (κ1) is 28.1. The van der Waals surface area contributed by atoms with Crippen LogP contribution in [-0.4, -0.2) is 28.5 Å². The highest BCUT2D eigenvalue weighted by molar-refractivity contribution is 5.85. The van der Waals surface area contributed by atoms with Gasteiger partial charge in [-0.15, -0.1) is 12.4 Å². The third kappa shape index (κ3) is 7.75. The van der Waals surface area contributed by atoms with Gasteiger partial charge in [0.1, 0.15) is 12.4 Å². The zero-order chi connectivity index (χ0) is 25.2. The minimum atomic E-state index is -0.182. The molecule has 4 aromatic rings. The molecule has 0 atom stereocenters. The van der Waals surface area contributed by atoms with Crippen LogP contribution in [0.2, 0.25) is 0 Å². The second kappa shape index (κ2) is 14.3. The van der Waals surface area contributed by atoms with Crippen LogP contribution in [0.3, 0.4) is 0 Å². The van der Waals surface area contributed by atoms with Gasteiger partial charge in [-0.3, -0.25) is 14.2 Å². The lowest BCUT2D eigenvalue weighted by Gasteiger charge is -2.14. The first-order valence-electron chi connectivity index (χ1n) is 12.8. The lowest BCUT2D eigenvalue weighted by molar-refractivity contribution is -0.121. The van der Waals surface area contributed by atoms with Crippen LogP contribution in [0.15, 0.2) is 83.7 Å². The summed E-state index contributed by atoms with van der Waals surface area (Å²) < 4.78 is 1.55. The van der Waals surface area contributed by atoms with Gasteiger partial charge in [0, 0.05) is 13.0 Å². The minimum absolute atomic E-state index is 0. The van der Waals surface area contributed by atoms with Crippen LogP contribution < -0.4 is 16.6 Å². The van der Waals surface area contributed by atoms with Gasteiger partial charge in [0.05, 0.1) is 10.9 Å². The quantitative estimate of drug-likeness (QED) is 0.261. The number of halogens is 1. The molecule has 4 rings (SSSR count). The molecule has 6 nitrogen and oxygen atoms in total. The number of hydrogen-bond acceptors (Lipinski definition) is 4. The number of fused-ring (bicyclic) bond motifs is 1. The smallest absolute Gasteiger partial charge is 0.261 e. The second-order valence-electron chi connectivity index (χ2n) is 9.06. The van der Waals surface area contributed by atoms with Gasteiger partial charge in [-0.1, -0.05) is 79.6 Å². The van der Waals surface area contributed by atoms with Crippen molar-refractivity contribution >= 4 is 29.2 Å². The fourth-order valence-electron chi connectivity index (χ4n) is 4.38. The maximum Gasteiger partial charge on any atom is 0.261 e. The predicted molar refractivity (Wildman–Crippen MR) is 153 cm³/mol. The fourth-order valence-corrected chi connectivity index (χ4v) is 4.38. The van der Waals surface area contributed by atoms with E-state index in [2.05, 4.69) is 17.4 Å². The summed E-state index contributed by atoms with van der Waals surface area (Å²) in [6.07, 6.45) is 5.30. The van der Waals surface area contributed by atoms with E-state index in [1.54, 1.807) is 4.57 Å². The Morgan fingerprint density at radius 2 is 1.54 bits per heavy atom. The Bertz CT molecular complexity index is 1340. The summed E-state index contributed by atoms with van der Waals surface area (Å²) in [7, 11) is 0. The summed E-state index contributed by atoms with van der Waals surface area (Å²) in [6, 6.07) is 25.8. The number of nitrogens with two attached hydrogens (primary N) is 1. The molecule has 0 fully saturated rings. The number of hydrogen-bond donors (Lipinski definition) is 2. The Morgan fingerprint density at radius 1 is 0.838 bits per heavy atom. The number of amides is 1. The number of carbonyl (C=O) groups is 1. The average Bonchev–Trinajstić information content (AvgIpc) is 2.92. The molecule has 0 spiro atoms. The van der Waals surface area contributed by atoms with Gasteiger partial charge < -0.3 is 11.1 Å². The van der Waals surface area contributed by atoms with Crippen molar-refractivity contribution in [2.75, 3.05) is 13.1 Å². The molecule has 1 heterocycles. The van der Waals surface area contributed by atoms with Crippen LogP contribution in [0.1, 0.15) is 37.1 Å². The Morgan fingerprint density at radius 3 is 2.27 bits per heavy atom. The lowest BCUT2D eigenvalue weighted by Crippen LogP contribution is -2.35. The molecule has 0 unspecified atom stereocenters. The van der Waals surface area contributed by atoms with Crippen LogP contribution in [-0.2, 0) is 24.2 Å². The van der Waals surface area contributed by atoms with Gasteiger partial charge in [-0.25, -0.2) is 4.98 Å². The van der Waals surface area contributed by atoms with E-state index >= 15 is 0 Å². The van der Waals surface area contributed by atoms with E-state index in [-0.39, 0.29) is 30.4 Å². The first-order valence-corrected chi connectivity index (χ1v) is 12.8. The molecule has 0 saturated carbocycles. The molecule has 7 heteroatoms. The molecule has 0 radical (unpaired) electrons. The Hall–Kier alpha value is -3.48. The van der Waals surface area contributed by atoms with Crippen LogP contribution in [0.25, 0.3) is 22.0 Å². The topological polar surface area (TPSA) is 90.0 Å². The van der Waals surface area contributed by atoms with Crippen molar-refractivity contribution in [1.82, 2.24) is 14.9 Å².